The van der Waals surface area contributed by atoms with Crippen LogP contribution in [0.25, 0.3) is 10.2 Å². The molecular weight excluding hydrogens is 212 g/mol. The second kappa shape index (κ2) is 3.01. The van der Waals surface area contributed by atoms with Gasteiger partial charge in [0.2, 0.25) is 0 Å². The summed E-state index contributed by atoms with van der Waals surface area (Å²) in [6, 6.07) is 1.71. The van der Waals surface area contributed by atoms with Gasteiger partial charge in [-0.3, -0.25) is 9.78 Å². The highest BCUT2D eigenvalue weighted by atomic mass is 35.5. The van der Waals surface area contributed by atoms with Crippen LogP contribution in [-0.2, 0) is 5.88 Å². The van der Waals surface area contributed by atoms with Crippen molar-refractivity contribution in [2.24, 2.45) is 0 Å². The molecule has 0 spiro atoms. The van der Waals surface area contributed by atoms with Crippen LogP contribution in [0.1, 0.15) is 4.88 Å². The highest BCUT2D eigenvalue weighted by Crippen LogP contribution is 2.20. The molecule has 0 saturated carbocycles. The van der Waals surface area contributed by atoms with Gasteiger partial charge in [-0.15, -0.1) is 22.9 Å². The normalized spacial score (nSPS) is 10.8. The second-order valence-electron chi connectivity index (χ2n) is 2.50. The lowest BCUT2D eigenvalue weighted by molar-refractivity contribution is 1.09. The third kappa shape index (κ3) is 1.40. The van der Waals surface area contributed by atoms with Gasteiger partial charge in [0.15, 0.2) is 0 Å². The highest BCUT2D eigenvalue weighted by Gasteiger charge is 2.05. The van der Waals surface area contributed by atoms with Gasteiger partial charge >= 0.3 is 5.69 Å². The zero-order valence-electron chi connectivity index (χ0n) is 6.39. The van der Waals surface area contributed by atoms with Crippen molar-refractivity contribution in [3.05, 3.63) is 31.8 Å². The summed E-state index contributed by atoms with van der Waals surface area (Å²) in [5.74, 6) is 0.348. The molecule has 2 N–H and O–H groups in total. The first-order valence-electron chi connectivity index (χ1n) is 3.51. The van der Waals surface area contributed by atoms with E-state index in [9.17, 15) is 9.59 Å². The highest BCUT2D eigenvalue weighted by molar-refractivity contribution is 7.19. The molecule has 0 saturated heterocycles. The van der Waals surface area contributed by atoms with E-state index in [0.717, 1.165) is 4.88 Å². The monoisotopic (exact) mass is 216 g/mol. The summed E-state index contributed by atoms with van der Waals surface area (Å²) in [5.41, 5.74) is -0.300. The molecule has 0 aliphatic rings. The molecule has 0 radical (unpaired) electrons. The van der Waals surface area contributed by atoms with Gasteiger partial charge in [-0.05, 0) is 6.07 Å². The molecule has 4 nitrogen and oxygen atoms in total. The number of aromatic nitrogens is 2. The number of halogens is 1. The van der Waals surface area contributed by atoms with Crippen molar-refractivity contribution >= 4 is 33.2 Å². The van der Waals surface area contributed by atoms with Gasteiger partial charge in [0.25, 0.3) is 5.56 Å². The topological polar surface area (TPSA) is 65.7 Å². The first kappa shape index (κ1) is 8.52. The Hall–Kier alpha value is -1.07. The van der Waals surface area contributed by atoms with E-state index in [1.807, 2.05) is 0 Å². The Morgan fingerprint density at radius 3 is 2.85 bits per heavy atom. The smallest absolute Gasteiger partial charge is 0.306 e. The lowest BCUT2D eigenvalue weighted by Gasteiger charge is -1.84. The second-order valence-corrected chi connectivity index (χ2v) is 3.90. The first-order chi connectivity index (χ1) is 6.20. The predicted molar refractivity (Wildman–Crippen MR) is 52.6 cm³/mol. The number of aromatic amines is 2. The van der Waals surface area contributed by atoms with Gasteiger partial charge in [0.05, 0.1) is 11.4 Å². The molecule has 0 atom stereocenters. The van der Waals surface area contributed by atoms with Crippen LogP contribution in [-0.4, -0.2) is 9.97 Å². The van der Waals surface area contributed by atoms with Crippen LogP contribution >= 0.6 is 22.9 Å². The number of H-pyrrole nitrogens is 2. The fourth-order valence-electron chi connectivity index (χ4n) is 1.08. The van der Waals surface area contributed by atoms with Gasteiger partial charge in [-0.2, -0.15) is 0 Å². The fourth-order valence-corrected chi connectivity index (χ4v) is 2.18. The lowest BCUT2D eigenvalue weighted by Crippen LogP contribution is -2.20. The van der Waals surface area contributed by atoms with Gasteiger partial charge in [0.1, 0.15) is 4.70 Å². The quantitative estimate of drug-likeness (QED) is 0.699. The largest absolute Gasteiger partial charge is 0.326 e. The predicted octanol–water partition coefficient (Wildman–Crippen LogP) is 1.02. The summed E-state index contributed by atoms with van der Waals surface area (Å²) in [7, 11) is 0. The van der Waals surface area contributed by atoms with Gasteiger partial charge in [-0.25, -0.2) is 4.79 Å². The van der Waals surface area contributed by atoms with Crippen molar-refractivity contribution in [1.82, 2.24) is 9.97 Å². The number of alkyl halides is 1. The van der Waals surface area contributed by atoms with E-state index in [2.05, 4.69) is 9.97 Å². The number of hydrogen-bond acceptors (Lipinski definition) is 3. The Morgan fingerprint density at radius 1 is 1.38 bits per heavy atom. The van der Waals surface area contributed by atoms with Crippen LogP contribution in [0, 0.1) is 0 Å². The molecule has 68 valence electrons. The van der Waals surface area contributed by atoms with Crippen molar-refractivity contribution in [3.8, 4) is 0 Å². The SMILES string of the molecule is O=c1[nH]c(=O)c2sc(CCl)cc2[nH]1. The Kier molecular flexibility index (Phi) is 1.97. The summed E-state index contributed by atoms with van der Waals surface area (Å²) in [5, 5.41) is 0. The third-order valence-electron chi connectivity index (χ3n) is 1.60. The first-order valence-corrected chi connectivity index (χ1v) is 4.87. The zero-order valence-corrected chi connectivity index (χ0v) is 7.96. The maximum absolute atomic E-state index is 11.2. The van der Waals surface area contributed by atoms with E-state index in [0.29, 0.717) is 16.1 Å². The summed E-state index contributed by atoms with van der Waals surface area (Å²) >= 11 is 6.88. The van der Waals surface area contributed by atoms with Crippen LogP contribution in [0.15, 0.2) is 15.7 Å². The molecule has 0 unspecified atom stereocenters. The minimum absolute atomic E-state index is 0.348. The minimum Gasteiger partial charge on any atom is -0.306 e. The molecule has 2 aromatic heterocycles. The zero-order chi connectivity index (χ0) is 9.42. The van der Waals surface area contributed by atoms with Crippen molar-refractivity contribution in [2.75, 3.05) is 0 Å². The van der Waals surface area contributed by atoms with Crippen molar-refractivity contribution in [3.63, 3.8) is 0 Å². The maximum Gasteiger partial charge on any atom is 0.326 e. The third-order valence-corrected chi connectivity index (χ3v) is 3.18. The molecule has 13 heavy (non-hydrogen) atoms. The Balaban J connectivity index is 2.91. The average molecular weight is 217 g/mol. The minimum atomic E-state index is -0.489. The molecule has 0 aromatic carbocycles. The molecule has 0 aliphatic heterocycles. The molecule has 6 heteroatoms. The standard InChI is InChI=1S/C7H5ClN2O2S/c8-2-3-1-4-5(13-3)6(11)10-7(12)9-4/h1H,2H2,(H2,9,10,11,12). The summed E-state index contributed by atoms with van der Waals surface area (Å²) in [4.78, 5) is 27.6. The Labute approximate surface area is 81.2 Å². The molecule has 0 aliphatic carbocycles. The van der Waals surface area contributed by atoms with E-state index in [1.54, 1.807) is 6.07 Å². The van der Waals surface area contributed by atoms with Crippen molar-refractivity contribution < 1.29 is 0 Å². The van der Waals surface area contributed by atoms with Crippen molar-refractivity contribution in [1.29, 1.82) is 0 Å². The molecule has 0 bridgehead atoms. The van der Waals surface area contributed by atoms with Gasteiger partial charge < -0.3 is 4.98 Å². The molecule has 2 rings (SSSR count). The van der Waals surface area contributed by atoms with Gasteiger partial charge in [0, 0.05) is 4.88 Å². The molecule has 0 amide bonds. The van der Waals surface area contributed by atoms with E-state index in [-0.39, 0.29) is 5.56 Å². The number of rotatable bonds is 1. The van der Waals surface area contributed by atoms with E-state index in [1.165, 1.54) is 11.3 Å². The van der Waals surface area contributed by atoms with Crippen LogP contribution in [0.5, 0.6) is 0 Å². The number of thiophene rings is 1. The Morgan fingerprint density at radius 2 is 2.15 bits per heavy atom. The number of nitrogens with one attached hydrogen (secondary N) is 2. The average Bonchev–Trinajstić information content (AvgIpc) is 2.47. The lowest BCUT2D eigenvalue weighted by atomic mass is 10.4. The summed E-state index contributed by atoms with van der Waals surface area (Å²) in [6.45, 7) is 0. The maximum atomic E-state index is 11.2. The van der Waals surface area contributed by atoms with Crippen molar-refractivity contribution in [2.45, 2.75) is 5.88 Å². The van der Waals surface area contributed by atoms with E-state index in [4.69, 9.17) is 11.6 Å². The molecular formula is C7H5ClN2O2S. The van der Waals surface area contributed by atoms with Crippen LogP contribution in [0.2, 0.25) is 0 Å². The number of hydrogen-bond donors (Lipinski definition) is 2. The summed E-state index contributed by atoms with van der Waals surface area (Å²) in [6.07, 6.45) is 0. The van der Waals surface area contributed by atoms with E-state index >= 15 is 0 Å². The molecule has 2 aromatic rings. The molecule has 0 fully saturated rings. The number of fused-ring (bicyclic) bond motifs is 1. The Bertz CT molecular complexity index is 553. The van der Waals surface area contributed by atoms with Gasteiger partial charge in [-0.1, -0.05) is 0 Å². The van der Waals surface area contributed by atoms with Crippen LogP contribution in [0.3, 0.4) is 0 Å². The molecule has 2 heterocycles. The fraction of sp³-hybridized carbons (Fsp3) is 0.143. The van der Waals surface area contributed by atoms with Crippen LogP contribution in [0.4, 0.5) is 0 Å². The van der Waals surface area contributed by atoms with Crippen LogP contribution < -0.4 is 11.2 Å². The van der Waals surface area contributed by atoms with E-state index < -0.39 is 5.69 Å². The summed E-state index contributed by atoms with van der Waals surface area (Å²) < 4.78 is 0.509.